The lowest BCUT2D eigenvalue weighted by atomic mass is 9.70. The van der Waals surface area contributed by atoms with E-state index in [4.69, 9.17) is 11.5 Å². The van der Waals surface area contributed by atoms with Crippen LogP contribution in [0, 0.1) is 11.3 Å². The van der Waals surface area contributed by atoms with Gasteiger partial charge in [0, 0.05) is 19.5 Å². The Morgan fingerprint density at radius 3 is 2.42 bits per heavy atom. The lowest BCUT2D eigenvalue weighted by Gasteiger charge is -2.37. The largest absolute Gasteiger partial charge is 0.370 e. The topological polar surface area (TPSA) is 98.2 Å². The fourth-order valence-corrected chi connectivity index (χ4v) is 2.65. The smallest absolute Gasteiger partial charge is 0.227 e. The van der Waals surface area contributed by atoms with Crippen molar-refractivity contribution in [2.45, 2.75) is 51.9 Å². The Labute approximate surface area is 115 Å². The predicted octanol–water partition coefficient (Wildman–Crippen LogP) is 0.913. The standard InChI is InChI=1S/C14H27N3O2/c1-11-5-7-14(10-15,8-6-11)13(19)17-9-3-2-4-12(16)18/h11H,2-10,15H2,1H3,(H2,16,18)(H,17,19). The summed E-state index contributed by atoms with van der Waals surface area (Å²) in [6.07, 6.45) is 5.82. The minimum absolute atomic E-state index is 0.0842. The van der Waals surface area contributed by atoms with Gasteiger partial charge in [-0.2, -0.15) is 0 Å². The fraction of sp³-hybridized carbons (Fsp3) is 0.857. The van der Waals surface area contributed by atoms with E-state index in [0.717, 1.165) is 38.5 Å². The Kier molecular flexibility index (Phi) is 6.28. The van der Waals surface area contributed by atoms with Gasteiger partial charge in [-0.15, -0.1) is 0 Å². The molecule has 5 N–H and O–H groups in total. The molecule has 2 amide bonds. The monoisotopic (exact) mass is 269 g/mol. The number of nitrogens with one attached hydrogen (secondary N) is 1. The van der Waals surface area contributed by atoms with Crippen LogP contribution in [-0.4, -0.2) is 24.9 Å². The van der Waals surface area contributed by atoms with E-state index in [-0.39, 0.29) is 17.2 Å². The molecular formula is C14H27N3O2. The molecule has 19 heavy (non-hydrogen) atoms. The quantitative estimate of drug-likeness (QED) is 0.599. The molecule has 0 saturated heterocycles. The number of hydrogen-bond acceptors (Lipinski definition) is 3. The van der Waals surface area contributed by atoms with Crippen molar-refractivity contribution in [1.82, 2.24) is 5.32 Å². The Morgan fingerprint density at radius 1 is 1.26 bits per heavy atom. The number of unbranched alkanes of at least 4 members (excludes halogenated alkanes) is 1. The molecule has 1 aliphatic carbocycles. The third-order valence-corrected chi connectivity index (χ3v) is 4.24. The highest BCUT2D eigenvalue weighted by Crippen LogP contribution is 2.38. The fourth-order valence-electron chi connectivity index (χ4n) is 2.65. The molecular weight excluding hydrogens is 242 g/mol. The zero-order valence-electron chi connectivity index (χ0n) is 11.9. The lowest BCUT2D eigenvalue weighted by Crippen LogP contribution is -2.48. The van der Waals surface area contributed by atoms with Crippen LogP contribution < -0.4 is 16.8 Å². The summed E-state index contributed by atoms with van der Waals surface area (Å²) >= 11 is 0. The number of hydrogen-bond donors (Lipinski definition) is 3. The highest BCUT2D eigenvalue weighted by molar-refractivity contribution is 5.83. The number of carbonyl (C=O) groups excluding carboxylic acids is 2. The summed E-state index contributed by atoms with van der Waals surface area (Å²) in [6.45, 7) is 3.25. The number of primary amides is 1. The van der Waals surface area contributed by atoms with Crippen LogP contribution in [-0.2, 0) is 9.59 Å². The third kappa shape index (κ3) is 4.82. The molecule has 5 nitrogen and oxygen atoms in total. The molecule has 1 aliphatic rings. The zero-order valence-corrected chi connectivity index (χ0v) is 11.9. The number of rotatable bonds is 7. The predicted molar refractivity (Wildman–Crippen MR) is 75.2 cm³/mol. The first-order chi connectivity index (χ1) is 9.00. The van der Waals surface area contributed by atoms with Gasteiger partial charge in [0.25, 0.3) is 0 Å². The molecule has 0 heterocycles. The maximum absolute atomic E-state index is 12.3. The molecule has 0 aliphatic heterocycles. The SMILES string of the molecule is CC1CCC(CN)(C(=O)NCCCCC(N)=O)CC1. The molecule has 0 bridgehead atoms. The van der Waals surface area contributed by atoms with Crippen molar-refractivity contribution in [3.05, 3.63) is 0 Å². The van der Waals surface area contributed by atoms with Crippen molar-refractivity contribution in [2.24, 2.45) is 22.8 Å². The normalized spacial score (nSPS) is 26.9. The van der Waals surface area contributed by atoms with E-state index < -0.39 is 0 Å². The first kappa shape index (κ1) is 16.0. The van der Waals surface area contributed by atoms with Crippen LogP contribution in [0.2, 0.25) is 0 Å². The van der Waals surface area contributed by atoms with Gasteiger partial charge in [-0.3, -0.25) is 9.59 Å². The molecule has 0 unspecified atom stereocenters. The Morgan fingerprint density at radius 2 is 1.89 bits per heavy atom. The number of amides is 2. The van der Waals surface area contributed by atoms with Gasteiger partial charge in [0.05, 0.1) is 5.41 Å². The molecule has 1 fully saturated rings. The first-order valence-corrected chi connectivity index (χ1v) is 7.27. The molecule has 110 valence electrons. The summed E-state index contributed by atoms with van der Waals surface area (Å²) in [4.78, 5) is 22.9. The lowest BCUT2D eigenvalue weighted by molar-refractivity contribution is -0.132. The summed E-state index contributed by atoms with van der Waals surface area (Å²) in [5, 5.41) is 2.96. The van der Waals surface area contributed by atoms with Crippen LogP contribution in [0.15, 0.2) is 0 Å². The van der Waals surface area contributed by atoms with Gasteiger partial charge < -0.3 is 16.8 Å². The van der Waals surface area contributed by atoms with Gasteiger partial charge >= 0.3 is 0 Å². The Balaban J connectivity index is 2.32. The van der Waals surface area contributed by atoms with Crippen LogP contribution in [0.25, 0.3) is 0 Å². The van der Waals surface area contributed by atoms with Gasteiger partial charge in [-0.05, 0) is 44.4 Å². The summed E-state index contributed by atoms with van der Waals surface area (Å²) in [5.74, 6) is 0.495. The maximum atomic E-state index is 12.3. The van der Waals surface area contributed by atoms with Gasteiger partial charge in [0.15, 0.2) is 0 Å². The zero-order chi connectivity index (χ0) is 14.3. The second-order valence-corrected chi connectivity index (χ2v) is 5.85. The first-order valence-electron chi connectivity index (χ1n) is 7.27. The van der Waals surface area contributed by atoms with E-state index in [1.54, 1.807) is 0 Å². The van der Waals surface area contributed by atoms with Crippen molar-refractivity contribution in [3.8, 4) is 0 Å². The van der Waals surface area contributed by atoms with Crippen LogP contribution in [0.4, 0.5) is 0 Å². The second kappa shape index (κ2) is 7.48. The Bertz CT molecular complexity index is 310. The van der Waals surface area contributed by atoms with Crippen LogP contribution in [0.1, 0.15) is 51.9 Å². The van der Waals surface area contributed by atoms with Crippen molar-refractivity contribution in [2.75, 3.05) is 13.1 Å². The van der Waals surface area contributed by atoms with E-state index in [1.165, 1.54) is 0 Å². The molecule has 0 aromatic rings. The molecule has 0 radical (unpaired) electrons. The minimum Gasteiger partial charge on any atom is -0.370 e. The second-order valence-electron chi connectivity index (χ2n) is 5.85. The summed E-state index contributed by atoms with van der Waals surface area (Å²) in [7, 11) is 0. The van der Waals surface area contributed by atoms with Crippen LogP contribution in [0.5, 0.6) is 0 Å². The van der Waals surface area contributed by atoms with Crippen LogP contribution >= 0.6 is 0 Å². The van der Waals surface area contributed by atoms with Gasteiger partial charge in [0.2, 0.25) is 11.8 Å². The number of nitrogens with two attached hydrogens (primary N) is 2. The molecule has 0 aromatic heterocycles. The summed E-state index contributed by atoms with van der Waals surface area (Å²) in [6, 6.07) is 0. The van der Waals surface area contributed by atoms with Crippen molar-refractivity contribution in [3.63, 3.8) is 0 Å². The molecule has 1 rings (SSSR count). The van der Waals surface area contributed by atoms with E-state index >= 15 is 0 Å². The van der Waals surface area contributed by atoms with E-state index in [9.17, 15) is 9.59 Å². The molecule has 1 saturated carbocycles. The average Bonchev–Trinajstić information content (AvgIpc) is 2.39. The molecule has 0 spiro atoms. The van der Waals surface area contributed by atoms with Gasteiger partial charge in [-0.25, -0.2) is 0 Å². The van der Waals surface area contributed by atoms with E-state index in [0.29, 0.717) is 25.4 Å². The maximum Gasteiger partial charge on any atom is 0.227 e. The molecule has 0 atom stereocenters. The van der Waals surface area contributed by atoms with Gasteiger partial charge in [-0.1, -0.05) is 6.92 Å². The average molecular weight is 269 g/mol. The summed E-state index contributed by atoms with van der Waals surface area (Å²) < 4.78 is 0. The highest BCUT2D eigenvalue weighted by Gasteiger charge is 2.39. The van der Waals surface area contributed by atoms with Crippen molar-refractivity contribution >= 4 is 11.8 Å². The number of carbonyl (C=O) groups is 2. The summed E-state index contributed by atoms with van der Waals surface area (Å²) in [5.41, 5.74) is 10.5. The van der Waals surface area contributed by atoms with Crippen molar-refractivity contribution in [1.29, 1.82) is 0 Å². The minimum atomic E-state index is -0.365. The van der Waals surface area contributed by atoms with E-state index in [2.05, 4.69) is 12.2 Å². The Hall–Kier alpha value is -1.10. The van der Waals surface area contributed by atoms with Crippen LogP contribution in [0.3, 0.4) is 0 Å². The third-order valence-electron chi connectivity index (χ3n) is 4.24. The molecule has 5 heteroatoms. The van der Waals surface area contributed by atoms with Crippen molar-refractivity contribution < 1.29 is 9.59 Å². The van der Waals surface area contributed by atoms with Gasteiger partial charge in [0.1, 0.15) is 0 Å². The molecule has 0 aromatic carbocycles. The van der Waals surface area contributed by atoms with E-state index in [1.807, 2.05) is 0 Å². The highest BCUT2D eigenvalue weighted by atomic mass is 16.2.